The molecule has 5 rings (SSSR count). The van der Waals surface area contributed by atoms with Crippen LogP contribution in [0.1, 0.15) is 21.5 Å². The van der Waals surface area contributed by atoms with Crippen LogP contribution in [0, 0.1) is 13.8 Å². The lowest BCUT2D eigenvalue weighted by Gasteiger charge is -2.12. The minimum atomic E-state index is -4.76. The molecule has 2 aromatic heterocycles. The number of halogens is 3. The largest absolute Gasteiger partial charge is 0.573 e. The summed E-state index contributed by atoms with van der Waals surface area (Å²) in [7, 11) is 0. The van der Waals surface area contributed by atoms with E-state index in [0.717, 1.165) is 21.5 Å². The number of rotatable bonds is 6. The van der Waals surface area contributed by atoms with Gasteiger partial charge >= 0.3 is 6.36 Å². The van der Waals surface area contributed by atoms with Crippen LogP contribution in [0.5, 0.6) is 5.75 Å². The zero-order chi connectivity index (χ0) is 26.9. The fourth-order valence-electron chi connectivity index (χ4n) is 3.96. The van der Waals surface area contributed by atoms with Crippen molar-refractivity contribution in [1.82, 2.24) is 9.97 Å². The van der Waals surface area contributed by atoms with E-state index in [-0.39, 0.29) is 11.7 Å². The van der Waals surface area contributed by atoms with E-state index in [0.29, 0.717) is 34.0 Å². The zero-order valence-electron chi connectivity index (χ0n) is 20.3. The fraction of sp³-hybridized carbons (Fsp3) is 0.107. The van der Waals surface area contributed by atoms with Crippen molar-refractivity contribution in [2.75, 3.05) is 10.6 Å². The molecule has 0 bridgehead atoms. The van der Waals surface area contributed by atoms with Crippen LogP contribution in [-0.2, 0) is 0 Å². The van der Waals surface area contributed by atoms with Crippen molar-refractivity contribution in [2.24, 2.45) is 0 Å². The third-order valence-electron chi connectivity index (χ3n) is 5.79. The maximum absolute atomic E-state index is 12.8. The number of benzene rings is 3. The molecule has 0 aliphatic rings. The van der Waals surface area contributed by atoms with Crippen molar-refractivity contribution < 1.29 is 22.7 Å². The molecule has 0 aliphatic carbocycles. The second-order valence-corrected chi connectivity index (χ2v) is 9.44. The van der Waals surface area contributed by atoms with Crippen molar-refractivity contribution in [1.29, 1.82) is 0 Å². The molecule has 0 spiro atoms. The lowest BCUT2D eigenvalue weighted by Crippen LogP contribution is -2.16. The number of thiophene rings is 1. The van der Waals surface area contributed by atoms with Gasteiger partial charge in [0.05, 0.1) is 15.9 Å². The second-order valence-electron chi connectivity index (χ2n) is 8.53. The van der Waals surface area contributed by atoms with Gasteiger partial charge in [0, 0.05) is 22.5 Å². The quantitative estimate of drug-likeness (QED) is 0.232. The first kappa shape index (κ1) is 25.2. The zero-order valence-corrected chi connectivity index (χ0v) is 21.1. The van der Waals surface area contributed by atoms with Crippen LogP contribution in [0.2, 0.25) is 0 Å². The van der Waals surface area contributed by atoms with E-state index < -0.39 is 6.36 Å². The molecule has 0 radical (unpaired) electrons. The normalized spacial score (nSPS) is 11.4. The molecule has 3 aromatic carbocycles. The number of nitrogens with zero attached hydrogens (tertiary/aromatic N) is 2. The highest BCUT2D eigenvalue weighted by Crippen LogP contribution is 2.33. The number of fused-ring (bicyclic) bond motifs is 1. The SMILES string of the molecule is Cc1cccc(C)c1NC(=O)c1ccc(Nc2nc(-c3ccc(OC(F)(F)F)cc3)c3sccc3n2)cc1. The number of nitrogens with one attached hydrogen (secondary N) is 2. The summed E-state index contributed by atoms with van der Waals surface area (Å²) >= 11 is 1.44. The Kier molecular flexibility index (Phi) is 6.73. The van der Waals surface area contributed by atoms with Gasteiger partial charge in [0.25, 0.3) is 5.91 Å². The summed E-state index contributed by atoms with van der Waals surface area (Å²) in [4.78, 5) is 22.0. The van der Waals surface area contributed by atoms with Crippen molar-refractivity contribution in [3.8, 4) is 17.0 Å². The van der Waals surface area contributed by atoms with Crippen LogP contribution < -0.4 is 15.4 Å². The molecule has 192 valence electrons. The predicted octanol–water partition coefficient (Wildman–Crippen LogP) is 7.87. The first-order chi connectivity index (χ1) is 18.2. The average molecular weight is 535 g/mol. The Bertz CT molecular complexity index is 1590. The van der Waals surface area contributed by atoms with E-state index >= 15 is 0 Å². The molecule has 5 aromatic rings. The van der Waals surface area contributed by atoms with Crippen LogP contribution in [0.15, 0.2) is 78.2 Å². The highest BCUT2D eigenvalue weighted by Gasteiger charge is 2.31. The maximum Gasteiger partial charge on any atom is 0.573 e. The molecule has 1 amide bonds. The number of aromatic nitrogens is 2. The van der Waals surface area contributed by atoms with Crippen molar-refractivity contribution >= 4 is 44.8 Å². The number of amides is 1. The number of carbonyl (C=O) groups excluding carboxylic acids is 1. The predicted molar refractivity (Wildman–Crippen MR) is 143 cm³/mol. The molecule has 0 atom stereocenters. The average Bonchev–Trinajstić information content (AvgIpc) is 3.34. The third-order valence-corrected chi connectivity index (χ3v) is 6.70. The number of anilines is 3. The number of carbonyl (C=O) groups is 1. The molecule has 6 nitrogen and oxygen atoms in total. The van der Waals surface area contributed by atoms with E-state index in [2.05, 4.69) is 25.3 Å². The Hall–Kier alpha value is -4.44. The van der Waals surface area contributed by atoms with E-state index in [4.69, 9.17) is 0 Å². The van der Waals surface area contributed by atoms with Crippen LogP contribution >= 0.6 is 11.3 Å². The molecule has 0 fully saturated rings. The summed E-state index contributed by atoms with van der Waals surface area (Å²) < 4.78 is 42.3. The number of ether oxygens (including phenoxy) is 1. The summed E-state index contributed by atoms with van der Waals surface area (Å²) in [6, 6.07) is 20.1. The van der Waals surface area contributed by atoms with Crippen LogP contribution in [0.25, 0.3) is 21.5 Å². The monoisotopic (exact) mass is 534 g/mol. The van der Waals surface area contributed by atoms with Crippen molar-refractivity contribution in [2.45, 2.75) is 20.2 Å². The van der Waals surface area contributed by atoms with Crippen molar-refractivity contribution in [3.05, 3.63) is 94.9 Å². The number of hydrogen-bond acceptors (Lipinski definition) is 6. The highest BCUT2D eigenvalue weighted by molar-refractivity contribution is 7.17. The van der Waals surface area contributed by atoms with Gasteiger partial charge in [-0.25, -0.2) is 9.97 Å². The Labute approximate surface area is 220 Å². The third kappa shape index (κ3) is 5.60. The Morgan fingerprint density at radius 3 is 2.24 bits per heavy atom. The van der Waals surface area contributed by atoms with Gasteiger partial charge in [-0.3, -0.25) is 4.79 Å². The van der Waals surface area contributed by atoms with Crippen LogP contribution in [-0.4, -0.2) is 22.2 Å². The molecular formula is C28H21F3N4O2S. The van der Waals surface area contributed by atoms with E-state index in [1.54, 1.807) is 24.3 Å². The number of hydrogen-bond donors (Lipinski definition) is 2. The molecule has 2 N–H and O–H groups in total. The Balaban J connectivity index is 1.36. The number of alkyl halides is 3. The Morgan fingerprint density at radius 1 is 0.895 bits per heavy atom. The smallest absolute Gasteiger partial charge is 0.406 e. The molecule has 0 unspecified atom stereocenters. The summed E-state index contributed by atoms with van der Waals surface area (Å²) in [5, 5.41) is 7.99. The number of aryl methyl sites for hydroxylation is 2. The van der Waals surface area contributed by atoms with Gasteiger partial charge in [-0.15, -0.1) is 24.5 Å². The van der Waals surface area contributed by atoms with Gasteiger partial charge in [0.2, 0.25) is 5.95 Å². The van der Waals surface area contributed by atoms with Crippen molar-refractivity contribution in [3.63, 3.8) is 0 Å². The summed E-state index contributed by atoms with van der Waals surface area (Å²) in [6.07, 6.45) is -4.76. The van der Waals surface area contributed by atoms with Gasteiger partial charge < -0.3 is 15.4 Å². The van der Waals surface area contributed by atoms with E-state index in [9.17, 15) is 18.0 Å². The van der Waals surface area contributed by atoms with Crippen LogP contribution in [0.3, 0.4) is 0 Å². The highest BCUT2D eigenvalue weighted by atomic mass is 32.1. The first-order valence-electron chi connectivity index (χ1n) is 11.5. The van der Waals surface area contributed by atoms with Gasteiger partial charge in [-0.1, -0.05) is 18.2 Å². The summed E-state index contributed by atoms with van der Waals surface area (Å²) in [6.45, 7) is 3.89. The lowest BCUT2D eigenvalue weighted by molar-refractivity contribution is -0.274. The van der Waals surface area contributed by atoms with Crippen LogP contribution in [0.4, 0.5) is 30.5 Å². The van der Waals surface area contributed by atoms with Gasteiger partial charge in [-0.05, 0) is 85.0 Å². The molecule has 2 heterocycles. The standard InChI is InChI=1S/C28H21F3N4O2S/c1-16-4-3-5-17(2)23(16)34-26(36)19-6-10-20(11-7-19)32-27-33-22-14-15-38-25(22)24(35-27)18-8-12-21(13-9-18)37-28(29,30)31/h3-15H,1-2H3,(H,34,36)(H,32,33,35). The molecule has 10 heteroatoms. The fourth-order valence-corrected chi connectivity index (χ4v) is 4.80. The molecule has 38 heavy (non-hydrogen) atoms. The topological polar surface area (TPSA) is 76.1 Å². The second kappa shape index (κ2) is 10.1. The van der Waals surface area contributed by atoms with E-state index in [1.807, 2.05) is 43.5 Å². The molecular weight excluding hydrogens is 513 g/mol. The molecule has 0 aliphatic heterocycles. The molecule has 0 saturated heterocycles. The van der Waals surface area contributed by atoms with E-state index in [1.165, 1.54) is 35.6 Å². The van der Waals surface area contributed by atoms with Gasteiger partial charge in [0.1, 0.15) is 5.75 Å². The summed E-state index contributed by atoms with van der Waals surface area (Å²) in [5.74, 6) is -0.211. The Morgan fingerprint density at radius 2 is 1.58 bits per heavy atom. The minimum Gasteiger partial charge on any atom is -0.406 e. The summed E-state index contributed by atoms with van der Waals surface area (Å²) in [5.41, 5.74) is 5.82. The minimum absolute atomic E-state index is 0.217. The maximum atomic E-state index is 12.8. The first-order valence-corrected chi connectivity index (χ1v) is 12.4. The molecule has 0 saturated carbocycles. The van der Waals surface area contributed by atoms with Gasteiger partial charge in [-0.2, -0.15) is 0 Å². The number of para-hydroxylation sites is 1. The van der Waals surface area contributed by atoms with Gasteiger partial charge in [0.15, 0.2) is 0 Å². The lowest BCUT2D eigenvalue weighted by atomic mass is 10.1.